The molecule has 4 aromatic carbocycles. The highest BCUT2D eigenvalue weighted by Crippen LogP contribution is 2.25. The average Bonchev–Trinajstić information content (AvgIpc) is 3.69. The highest BCUT2D eigenvalue weighted by molar-refractivity contribution is 6.38. The fourth-order valence-electron chi connectivity index (χ4n) is 6.77. The number of ketones is 1. The van der Waals surface area contributed by atoms with E-state index in [1.807, 2.05) is 103 Å². The summed E-state index contributed by atoms with van der Waals surface area (Å²) in [6.07, 6.45) is 1.21. The Labute approximate surface area is 344 Å². The van der Waals surface area contributed by atoms with E-state index < -0.39 is 53.8 Å². The van der Waals surface area contributed by atoms with Crippen molar-refractivity contribution in [1.82, 2.24) is 20.9 Å². The van der Waals surface area contributed by atoms with Crippen LogP contribution in [0.15, 0.2) is 115 Å². The van der Waals surface area contributed by atoms with Crippen molar-refractivity contribution in [3.05, 3.63) is 143 Å². The summed E-state index contributed by atoms with van der Waals surface area (Å²) in [5.41, 5.74) is 9.33. The second-order valence-corrected chi connectivity index (χ2v) is 14.7. The third-order valence-electron chi connectivity index (χ3n) is 9.96. The standard InChI is InChI=1S/C45H52ClN5O7/c46-36-22-19-35(20-23-36)30-57-37-28-40(42(53)49-38(18-10-11-26-47)41(52)43(54)48-27-25-33-14-6-2-7-15-33)51(29-37)44(55)39(24-21-32-12-4-1-5-13-32)50-45(56)58-31-34-16-8-3-9-17-34/h1-9,12-17,19-20,22-23,37-40H,10-11,18,21,24-31,47H2,(H,48,54)(H,49,53)(H,50,56)/t37-,38+,39-,40+/m1/s1. The molecule has 0 aliphatic carbocycles. The molecule has 1 aliphatic rings. The van der Waals surface area contributed by atoms with E-state index in [2.05, 4.69) is 16.0 Å². The number of amides is 4. The Balaban J connectivity index is 1.33. The van der Waals surface area contributed by atoms with Crippen molar-refractivity contribution in [2.75, 3.05) is 19.6 Å². The van der Waals surface area contributed by atoms with Crippen LogP contribution in [0.1, 0.15) is 54.4 Å². The Kier molecular flexibility index (Phi) is 17.3. The molecule has 58 heavy (non-hydrogen) atoms. The number of Topliss-reactive ketones (excluding diaryl/α,β-unsaturated/α-hetero) is 1. The van der Waals surface area contributed by atoms with Gasteiger partial charge in [0.25, 0.3) is 5.91 Å². The first-order valence-corrected chi connectivity index (χ1v) is 20.1. The van der Waals surface area contributed by atoms with E-state index in [1.165, 1.54) is 4.90 Å². The summed E-state index contributed by atoms with van der Waals surface area (Å²) >= 11 is 6.08. The monoisotopic (exact) mass is 809 g/mol. The number of hydrogen-bond donors (Lipinski definition) is 4. The molecule has 4 aromatic rings. The summed E-state index contributed by atoms with van der Waals surface area (Å²) in [7, 11) is 0. The second kappa shape index (κ2) is 23.0. The molecule has 4 atom stereocenters. The number of nitrogens with one attached hydrogen (secondary N) is 3. The number of halogens is 1. The topological polar surface area (TPSA) is 169 Å². The number of rotatable bonds is 21. The number of aryl methyl sites for hydroxylation is 1. The summed E-state index contributed by atoms with van der Waals surface area (Å²) in [5, 5.41) is 8.82. The SMILES string of the molecule is NCCCC[C@H](NC(=O)[C@@H]1C[C@@H](OCc2ccc(Cl)cc2)CN1C(=O)[C@@H](CCc1ccccc1)NC(=O)OCc1ccccc1)C(=O)C(=O)NCCc1ccccc1. The van der Waals surface area contributed by atoms with Gasteiger partial charge >= 0.3 is 6.09 Å². The molecule has 0 unspecified atom stereocenters. The molecule has 1 saturated heterocycles. The van der Waals surface area contributed by atoms with Crippen molar-refractivity contribution in [2.45, 2.75) is 82.4 Å². The van der Waals surface area contributed by atoms with Gasteiger partial charge in [0.15, 0.2) is 0 Å². The van der Waals surface area contributed by atoms with Crippen LogP contribution >= 0.6 is 11.6 Å². The lowest BCUT2D eigenvalue weighted by Gasteiger charge is -2.29. The van der Waals surface area contributed by atoms with E-state index in [9.17, 15) is 24.0 Å². The number of nitrogens with two attached hydrogens (primary N) is 1. The number of benzene rings is 4. The lowest BCUT2D eigenvalue weighted by Crippen LogP contribution is -2.56. The van der Waals surface area contributed by atoms with Crippen LogP contribution in [0.2, 0.25) is 5.02 Å². The van der Waals surface area contributed by atoms with Gasteiger partial charge in [-0.25, -0.2) is 4.79 Å². The molecule has 306 valence electrons. The van der Waals surface area contributed by atoms with Crippen molar-refractivity contribution >= 4 is 41.2 Å². The highest BCUT2D eigenvalue weighted by Gasteiger charge is 2.43. The maximum absolute atomic E-state index is 14.6. The second-order valence-electron chi connectivity index (χ2n) is 14.3. The van der Waals surface area contributed by atoms with Crippen molar-refractivity contribution in [2.24, 2.45) is 5.73 Å². The normalized spacial score (nSPS) is 15.9. The number of likely N-dealkylation sites (tertiary alicyclic amines) is 1. The summed E-state index contributed by atoms with van der Waals surface area (Å²) in [5.74, 6) is -2.71. The molecule has 5 N–H and O–H groups in total. The molecule has 1 aliphatic heterocycles. The van der Waals surface area contributed by atoms with Gasteiger partial charge in [-0.05, 0) is 79.5 Å². The van der Waals surface area contributed by atoms with Gasteiger partial charge in [-0.15, -0.1) is 0 Å². The lowest BCUT2D eigenvalue weighted by atomic mass is 10.0. The van der Waals surface area contributed by atoms with Crippen molar-refractivity contribution < 1.29 is 33.4 Å². The number of ether oxygens (including phenoxy) is 2. The molecule has 0 aromatic heterocycles. The fourth-order valence-corrected chi connectivity index (χ4v) is 6.89. The molecular formula is C45H52ClN5O7. The molecule has 12 nitrogen and oxygen atoms in total. The van der Waals surface area contributed by atoms with E-state index in [4.69, 9.17) is 26.8 Å². The molecule has 1 fully saturated rings. The van der Waals surface area contributed by atoms with Gasteiger partial charge in [0, 0.05) is 24.5 Å². The van der Waals surface area contributed by atoms with Crippen molar-refractivity contribution in [3.8, 4) is 0 Å². The maximum atomic E-state index is 14.6. The number of unbranched alkanes of at least 4 members (excludes halogenated alkanes) is 1. The minimum absolute atomic E-state index is 0.00102. The third-order valence-corrected chi connectivity index (χ3v) is 10.2. The smallest absolute Gasteiger partial charge is 0.408 e. The van der Waals surface area contributed by atoms with Gasteiger partial charge in [0.1, 0.15) is 18.7 Å². The maximum Gasteiger partial charge on any atom is 0.408 e. The van der Waals surface area contributed by atoms with Crippen LogP contribution < -0.4 is 21.7 Å². The summed E-state index contributed by atoms with van der Waals surface area (Å²) in [6, 6.07) is 32.2. The number of hydrogen-bond acceptors (Lipinski definition) is 8. The zero-order chi connectivity index (χ0) is 41.1. The Bertz CT molecular complexity index is 1920. The van der Waals surface area contributed by atoms with E-state index in [1.54, 1.807) is 12.1 Å². The van der Waals surface area contributed by atoms with Crippen molar-refractivity contribution in [3.63, 3.8) is 0 Å². The van der Waals surface area contributed by atoms with Crippen LogP contribution in [0.3, 0.4) is 0 Å². The summed E-state index contributed by atoms with van der Waals surface area (Å²) in [6.45, 7) is 0.852. The first-order chi connectivity index (χ1) is 28.2. The van der Waals surface area contributed by atoms with Crippen LogP contribution in [0.4, 0.5) is 4.79 Å². The third kappa shape index (κ3) is 13.8. The van der Waals surface area contributed by atoms with Gasteiger partial charge in [0.2, 0.25) is 17.6 Å². The highest BCUT2D eigenvalue weighted by atomic mass is 35.5. The molecule has 0 saturated carbocycles. The van der Waals surface area contributed by atoms with Gasteiger partial charge in [-0.3, -0.25) is 19.2 Å². The molecular weight excluding hydrogens is 758 g/mol. The van der Waals surface area contributed by atoms with E-state index >= 15 is 0 Å². The molecule has 0 radical (unpaired) electrons. The van der Waals surface area contributed by atoms with Crippen LogP contribution in [-0.4, -0.2) is 78.4 Å². The van der Waals surface area contributed by atoms with Crippen LogP contribution in [-0.2, 0) is 54.7 Å². The first kappa shape index (κ1) is 43.6. The zero-order valence-corrected chi connectivity index (χ0v) is 33.3. The Morgan fingerprint density at radius 1 is 0.707 bits per heavy atom. The van der Waals surface area contributed by atoms with Crippen LogP contribution in [0, 0.1) is 0 Å². The Morgan fingerprint density at radius 2 is 1.31 bits per heavy atom. The largest absolute Gasteiger partial charge is 0.445 e. The fraction of sp³-hybridized carbons (Fsp3) is 0.356. The van der Waals surface area contributed by atoms with Gasteiger partial charge in [0.05, 0.1) is 18.8 Å². The molecule has 5 rings (SSSR count). The predicted octanol–water partition coefficient (Wildman–Crippen LogP) is 5.30. The Hall–Kier alpha value is -5.56. The van der Waals surface area contributed by atoms with Crippen LogP contribution in [0.25, 0.3) is 0 Å². The van der Waals surface area contributed by atoms with Gasteiger partial charge in [-0.2, -0.15) is 0 Å². The quantitative estimate of drug-likeness (QED) is 0.0650. The minimum atomic E-state index is -1.15. The first-order valence-electron chi connectivity index (χ1n) is 19.7. The number of carbonyl (C=O) groups is 5. The van der Waals surface area contributed by atoms with Crippen molar-refractivity contribution in [1.29, 1.82) is 0 Å². The molecule has 4 amide bonds. The summed E-state index contributed by atoms with van der Waals surface area (Å²) < 4.78 is 11.7. The summed E-state index contributed by atoms with van der Waals surface area (Å²) in [4.78, 5) is 70.1. The minimum Gasteiger partial charge on any atom is -0.445 e. The van der Waals surface area contributed by atoms with Crippen LogP contribution in [0.5, 0.6) is 0 Å². The van der Waals surface area contributed by atoms with Gasteiger partial charge < -0.3 is 36.1 Å². The van der Waals surface area contributed by atoms with E-state index in [0.29, 0.717) is 37.3 Å². The predicted molar refractivity (Wildman–Crippen MR) is 221 cm³/mol. The lowest BCUT2D eigenvalue weighted by molar-refractivity contribution is -0.143. The zero-order valence-electron chi connectivity index (χ0n) is 32.5. The Morgan fingerprint density at radius 3 is 1.95 bits per heavy atom. The van der Waals surface area contributed by atoms with E-state index in [-0.39, 0.29) is 45.6 Å². The average molecular weight is 810 g/mol. The molecule has 0 spiro atoms. The van der Waals surface area contributed by atoms with E-state index in [0.717, 1.165) is 22.3 Å². The number of nitrogens with zero attached hydrogens (tertiary/aromatic N) is 1. The number of alkyl carbamates (subject to hydrolysis) is 1. The molecule has 13 heteroatoms. The van der Waals surface area contributed by atoms with Gasteiger partial charge in [-0.1, -0.05) is 115 Å². The molecule has 1 heterocycles. The molecule has 0 bridgehead atoms. The number of carbonyl (C=O) groups excluding carboxylic acids is 5.